The van der Waals surface area contributed by atoms with Crippen molar-refractivity contribution in [1.82, 2.24) is 4.98 Å². The van der Waals surface area contributed by atoms with Crippen molar-refractivity contribution in [3.05, 3.63) is 46.6 Å². The fourth-order valence-corrected chi connectivity index (χ4v) is 2.30. The maximum Gasteiger partial charge on any atom is 0.421 e. The summed E-state index contributed by atoms with van der Waals surface area (Å²) in [6, 6.07) is 3.69. The molecule has 2 aromatic rings. The Labute approximate surface area is 134 Å². The van der Waals surface area contributed by atoms with Crippen LogP contribution in [0.25, 0.3) is 11.1 Å². The van der Waals surface area contributed by atoms with E-state index < -0.39 is 29.4 Å². The molecule has 0 aliphatic heterocycles. The van der Waals surface area contributed by atoms with Crippen molar-refractivity contribution in [3.8, 4) is 17.0 Å². The van der Waals surface area contributed by atoms with Gasteiger partial charge in [-0.2, -0.15) is 26.3 Å². The molecule has 0 atom stereocenters. The molecule has 0 aliphatic carbocycles. The second kappa shape index (κ2) is 5.99. The summed E-state index contributed by atoms with van der Waals surface area (Å²) in [5.74, 6) is -0.617. The molecule has 0 bridgehead atoms. The predicted molar refractivity (Wildman–Crippen MR) is 75.7 cm³/mol. The maximum atomic E-state index is 13.1. The third-order valence-electron chi connectivity index (χ3n) is 3.53. The predicted octanol–water partition coefficient (Wildman–Crippen LogP) is 5.41. The minimum absolute atomic E-state index is 0.0216. The quantitative estimate of drug-likeness (QED) is 0.676. The van der Waals surface area contributed by atoms with Crippen LogP contribution in [0.5, 0.6) is 5.88 Å². The number of methoxy groups -OCH3 is 1. The number of rotatable bonds is 2. The molecular formula is C16H13F6NO. The van der Waals surface area contributed by atoms with Gasteiger partial charge in [0.05, 0.1) is 12.7 Å². The van der Waals surface area contributed by atoms with Crippen LogP contribution in [0.2, 0.25) is 0 Å². The topological polar surface area (TPSA) is 22.1 Å². The van der Waals surface area contributed by atoms with Gasteiger partial charge in [-0.15, -0.1) is 0 Å². The van der Waals surface area contributed by atoms with Crippen molar-refractivity contribution in [2.45, 2.75) is 26.2 Å². The van der Waals surface area contributed by atoms with Gasteiger partial charge in [0.2, 0.25) is 5.88 Å². The molecule has 0 radical (unpaired) electrons. The van der Waals surface area contributed by atoms with Crippen LogP contribution in [-0.4, -0.2) is 12.1 Å². The fraction of sp³-hybridized carbons (Fsp3) is 0.312. The van der Waals surface area contributed by atoms with Gasteiger partial charge < -0.3 is 4.74 Å². The summed E-state index contributed by atoms with van der Waals surface area (Å²) >= 11 is 0. The molecule has 2 rings (SSSR count). The molecular weight excluding hydrogens is 336 g/mol. The zero-order valence-corrected chi connectivity index (χ0v) is 12.9. The average molecular weight is 349 g/mol. The number of halogens is 6. The van der Waals surface area contributed by atoms with Gasteiger partial charge in [0.1, 0.15) is 5.56 Å². The van der Waals surface area contributed by atoms with E-state index in [9.17, 15) is 26.3 Å². The first-order valence-electron chi connectivity index (χ1n) is 6.76. The highest BCUT2D eigenvalue weighted by Crippen LogP contribution is 2.40. The zero-order chi connectivity index (χ0) is 18.3. The summed E-state index contributed by atoms with van der Waals surface area (Å²) in [4.78, 5) is 3.74. The molecule has 8 heteroatoms. The van der Waals surface area contributed by atoms with E-state index in [4.69, 9.17) is 0 Å². The number of hydrogen-bond donors (Lipinski definition) is 0. The lowest BCUT2D eigenvalue weighted by molar-refractivity contribution is -0.139. The summed E-state index contributed by atoms with van der Waals surface area (Å²) in [6.07, 6.45) is -9.33. The fourth-order valence-electron chi connectivity index (χ4n) is 2.30. The standard InChI is InChI=1S/C16H13F6NO/c1-8-4-5-10(15(17,18)19)6-11(8)12-7-13(16(20,21)22)14(24-3)23-9(12)2/h4-7H,1-3H3. The molecule has 0 saturated heterocycles. The van der Waals surface area contributed by atoms with Gasteiger partial charge in [0.15, 0.2) is 0 Å². The van der Waals surface area contributed by atoms with Gasteiger partial charge in [0, 0.05) is 11.3 Å². The van der Waals surface area contributed by atoms with Crippen molar-refractivity contribution in [2.24, 2.45) is 0 Å². The van der Waals surface area contributed by atoms with Crippen LogP contribution >= 0.6 is 0 Å². The number of aryl methyl sites for hydroxylation is 2. The van der Waals surface area contributed by atoms with Crippen molar-refractivity contribution < 1.29 is 31.1 Å². The Morgan fingerprint density at radius 1 is 0.875 bits per heavy atom. The van der Waals surface area contributed by atoms with Crippen LogP contribution in [0, 0.1) is 13.8 Å². The van der Waals surface area contributed by atoms with Gasteiger partial charge in [-0.05, 0) is 43.2 Å². The monoisotopic (exact) mass is 349 g/mol. The Kier molecular flexibility index (Phi) is 4.52. The third kappa shape index (κ3) is 3.47. The highest BCUT2D eigenvalue weighted by atomic mass is 19.4. The molecule has 0 spiro atoms. The van der Waals surface area contributed by atoms with Crippen LogP contribution in [-0.2, 0) is 12.4 Å². The minimum Gasteiger partial charge on any atom is -0.481 e. The smallest absolute Gasteiger partial charge is 0.421 e. The van der Waals surface area contributed by atoms with E-state index in [2.05, 4.69) is 9.72 Å². The molecule has 2 nitrogen and oxygen atoms in total. The molecule has 0 aliphatic rings. The lowest BCUT2D eigenvalue weighted by Crippen LogP contribution is -2.11. The van der Waals surface area contributed by atoms with Crippen molar-refractivity contribution in [3.63, 3.8) is 0 Å². The first kappa shape index (κ1) is 18.1. The Morgan fingerprint density at radius 3 is 2.00 bits per heavy atom. The van der Waals surface area contributed by atoms with Gasteiger partial charge >= 0.3 is 12.4 Å². The van der Waals surface area contributed by atoms with Gasteiger partial charge in [-0.25, -0.2) is 4.98 Å². The summed E-state index contributed by atoms with van der Waals surface area (Å²) in [6.45, 7) is 2.93. The van der Waals surface area contributed by atoms with Crippen LogP contribution < -0.4 is 4.74 Å². The average Bonchev–Trinajstić information content (AvgIpc) is 2.45. The number of nitrogens with zero attached hydrogens (tertiary/aromatic N) is 1. The summed E-state index contributed by atoms with van der Waals surface area (Å²) < 4.78 is 82.7. The highest BCUT2D eigenvalue weighted by molar-refractivity contribution is 5.71. The molecule has 24 heavy (non-hydrogen) atoms. The lowest BCUT2D eigenvalue weighted by Gasteiger charge is -2.17. The van der Waals surface area contributed by atoms with E-state index in [0.717, 1.165) is 25.3 Å². The first-order valence-corrected chi connectivity index (χ1v) is 6.76. The molecule has 130 valence electrons. The summed E-state index contributed by atoms with van der Waals surface area (Å²) in [5, 5.41) is 0. The molecule has 0 fully saturated rings. The molecule has 1 heterocycles. The van der Waals surface area contributed by atoms with Crippen LogP contribution in [0.15, 0.2) is 24.3 Å². The van der Waals surface area contributed by atoms with E-state index in [-0.39, 0.29) is 16.8 Å². The number of benzene rings is 1. The molecule has 0 saturated carbocycles. The van der Waals surface area contributed by atoms with E-state index in [0.29, 0.717) is 5.56 Å². The maximum absolute atomic E-state index is 13.1. The third-order valence-corrected chi connectivity index (χ3v) is 3.53. The Balaban J connectivity index is 2.73. The Morgan fingerprint density at radius 2 is 1.50 bits per heavy atom. The molecule has 0 unspecified atom stereocenters. The second-order valence-corrected chi connectivity index (χ2v) is 5.20. The zero-order valence-electron chi connectivity index (χ0n) is 12.9. The van der Waals surface area contributed by atoms with Crippen molar-refractivity contribution in [2.75, 3.05) is 7.11 Å². The summed E-state index contributed by atoms with van der Waals surface area (Å²) in [5.41, 5.74) is -1.50. The summed E-state index contributed by atoms with van der Waals surface area (Å²) in [7, 11) is 1.05. The Hall–Kier alpha value is -2.25. The lowest BCUT2D eigenvalue weighted by atomic mass is 9.95. The number of pyridine rings is 1. The SMILES string of the molecule is COc1nc(C)c(-c2cc(C(F)(F)F)ccc2C)cc1C(F)(F)F. The van der Waals surface area contributed by atoms with E-state index in [1.807, 2.05) is 0 Å². The first-order chi connectivity index (χ1) is 10.9. The van der Waals surface area contributed by atoms with E-state index in [1.54, 1.807) is 0 Å². The molecule has 0 amide bonds. The number of hydrogen-bond acceptors (Lipinski definition) is 2. The van der Waals surface area contributed by atoms with E-state index >= 15 is 0 Å². The normalized spacial score (nSPS) is 12.4. The Bertz CT molecular complexity index is 764. The second-order valence-electron chi connectivity index (χ2n) is 5.20. The molecule has 1 aromatic carbocycles. The highest BCUT2D eigenvalue weighted by Gasteiger charge is 2.36. The number of alkyl halides is 6. The van der Waals surface area contributed by atoms with Gasteiger partial charge in [-0.1, -0.05) is 6.07 Å². The number of aromatic nitrogens is 1. The van der Waals surface area contributed by atoms with Gasteiger partial charge in [0.25, 0.3) is 0 Å². The van der Waals surface area contributed by atoms with Crippen LogP contribution in [0.4, 0.5) is 26.3 Å². The van der Waals surface area contributed by atoms with Crippen LogP contribution in [0.3, 0.4) is 0 Å². The minimum atomic E-state index is -4.74. The molecule has 0 N–H and O–H groups in total. The van der Waals surface area contributed by atoms with Crippen molar-refractivity contribution in [1.29, 1.82) is 0 Å². The van der Waals surface area contributed by atoms with Gasteiger partial charge in [-0.3, -0.25) is 0 Å². The van der Waals surface area contributed by atoms with Crippen LogP contribution in [0.1, 0.15) is 22.4 Å². The van der Waals surface area contributed by atoms with E-state index in [1.165, 1.54) is 19.9 Å². The number of ether oxygens (including phenoxy) is 1. The largest absolute Gasteiger partial charge is 0.481 e. The molecule has 1 aromatic heterocycles. The van der Waals surface area contributed by atoms with Crippen molar-refractivity contribution >= 4 is 0 Å².